The number of nitrogens with one attached hydrogen (secondary N) is 1. The summed E-state index contributed by atoms with van der Waals surface area (Å²) in [5.74, 6) is 0.691. The average Bonchev–Trinajstić information content (AvgIpc) is 2.32. The summed E-state index contributed by atoms with van der Waals surface area (Å²) in [4.78, 5) is 11.3. The lowest BCUT2D eigenvalue weighted by Gasteiger charge is -2.06. The monoisotopic (exact) mass is 256 g/mol. The first-order valence-corrected chi connectivity index (χ1v) is 5.95. The highest BCUT2D eigenvalue weighted by Crippen LogP contribution is 2.15. The van der Waals surface area contributed by atoms with Gasteiger partial charge in [0.15, 0.2) is 0 Å². The Kier molecular flexibility index (Phi) is 6.43. The maximum Gasteiger partial charge on any atom is 0.223 e. The number of carbonyl (C=O) groups excluding carboxylic acids is 1. The Morgan fingerprint density at radius 1 is 1.35 bits per heavy atom. The van der Waals surface area contributed by atoms with Crippen molar-refractivity contribution in [1.29, 1.82) is 0 Å². The predicted molar refractivity (Wildman–Crippen MR) is 68.2 cm³/mol. The second kappa shape index (κ2) is 7.92. The number of amides is 1. The van der Waals surface area contributed by atoms with E-state index >= 15 is 0 Å². The molecule has 0 spiro atoms. The smallest absolute Gasteiger partial charge is 0.223 e. The van der Waals surface area contributed by atoms with Gasteiger partial charge >= 0.3 is 0 Å². The molecule has 0 saturated heterocycles. The molecule has 0 atom stereocenters. The van der Waals surface area contributed by atoms with Crippen LogP contribution in [0.25, 0.3) is 0 Å². The normalized spacial score (nSPS) is 10.0. The molecule has 3 N–H and O–H groups in total. The van der Waals surface area contributed by atoms with Crippen LogP contribution in [0.15, 0.2) is 24.3 Å². The molecule has 0 aliphatic carbocycles. The average molecular weight is 257 g/mol. The van der Waals surface area contributed by atoms with E-state index in [1.807, 2.05) is 0 Å². The molecule has 5 heteroatoms. The Bertz CT molecular complexity index is 341. The molecule has 0 aliphatic rings. The molecule has 0 fully saturated rings. The Balaban J connectivity index is 2.14. The van der Waals surface area contributed by atoms with Gasteiger partial charge in [0.2, 0.25) is 5.91 Å². The summed E-state index contributed by atoms with van der Waals surface area (Å²) in [5.41, 5.74) is 5.32. The number of ether oxygens (including phenoxy) is 1. The minimum absolute atomic E-state index is 0.0209. The zero-order chi connectivity index (χ0) is 12.5. The summed E-state index contributed by atoms with van der Waals surface area (Å²) in [5, 5.41) is 3.42. The summed E-state index contributed by atoms with van der Waals surface area (Å²) < 4.78 is 5.39. The maximum absolute atomic E-state index is 11.3. The van der Waals surface area contributed by atoms with Gasteiger partial charge in [-0.25, -0.2) is 0 Å². The molecule has 0 radical (unpaired) electrons. The third kappa shape index (κ3) is 6.14. The fourth-order valence-corrected chi connectivity index (χ4v) is 1.34. The van der Waals surface area contributed by atoms with Crippen LogP contribution in [0, 0.1) is 0 Å². The largest absolute Gasteiger partial charge is 0.493 e. The van der Waals surface area contributed by atoms with Gasteiger partial charge < -0.3 is 15.8 Å². The molecular weight excluding hydrogens is 240 g/mol. The molecule has 1 amide bonds. The maximum atomic E-state index is 11.3. The first-order chi connectivity index (χ1) is 8.22. The van der Waals surface area contributed by atoms with E-state index < -0.39 is 0 Å². The van der Waals surface area contributed by atoms with E-state index in [4.69, 9.17) is 22.1 Å². The van der Waals surface area contributed by atoms with E-state index in [2.05, 4.69) is 5.32 Å². The summed E-state index contributed by atoms with van der Waals surface area (Å²) in [7, 11) is 0. The first-order valence-electron chi connectivity index (χ1n) is 5.57. The lowest BCUT2D eigenvalue weighted by atomic mass is 10.3. The Labute approximate surface area is 106 Å². The number of hydrogen-bond donors (Lipinski definition) is 2. The number of hydrogen-bond acceptors (Lipinski definition) is 3. The second-order valence-electron chi connectivity index (χ2n) is 3.54. The minimum atomic E-state index is -0.0209. The molecule has 1 rings (SSSR count). The molecule has 0 heterocycles. The van der Waals surface area contributed by atoms with E-state index in [1.165, 1.54) is 0 Å². The minimum Gasteiger partial charge on any atom is -0.493 e. The van der Waals surface area contributed by atoms with Crippen LogP contribution in [-0.2, 0) is 4.79 Å². The van der Waals surface area contributed by atoms with Crippen molar-refractivity contribution in [2.45, 2.75) is 12.8 Å². The van der Waals surface area contributed by atoms with Gasteiger partial charge in [0, 0.05) is 11.6 Å². The standard InChI is InChI=1S/C12H17ClN2O2/c13-10-2-4-11(5-3-10)17-9-6-12(16)15-8-1-7-14/h2-5H,1,6-9,14H2,(H,15,16). The zero-order valence-corrected chi connectivity index (χ0v) is 10.4. The van der Waals surface area contributed by atoms with E-state index in [-0.39, 0.29) is 5.91 Å². The fourth-order valence-electron chi connectivity index (χ4n) is 1.21. The second-order valence-corrected chi connectivity index (χ2v) is 3.98. The quantitative estimate of drug-likeness (QED) is 0.728. The number of halogens is 1. The molecule has 0 bridgehead atoms. The molecule has 1 aromatic carbocycles. The van der Waals surface area contributed by atoms with E-state index in [1.54, 1.807) is 24.3 Å². The van der Waals surface area contributed by atoms with Gasteiger partial charge in [0.25, 0.3) is 0 Å². The summed E-state index contributed by atoms with van der Waals surface area (Å²) >= 11 is 5.74. The van der Waals surface area contributed by atoms with Gasteiger partial charge in [-0.1, -0.05) is 11.6 Å². The zero-order valence-electron chi connectivity index (χ0n) is 9.62. The highest BCUT2D eigenvalue weighted by molar-refractivity contribution is 6.30. The van der Waals surface area contributed by atoms with E-state index in [9.17, 15) is 4.79 Å². The molecule has 1 aromatic rings. The number of nitrogens with two attached hydrogens (primary N) is 1. The molecular formula is C12H17ClN2O2. The Hall–Kier alpha value is -1.26. The SMILES string of the molecule is NCCCNC(=O)CCOc1ccc(Cl)cc1. The van der Waals surface area contributed by atoms with Crippen LogP contribution in [0.3, 0.4) is 0 Å². The molecule has 0 aromatic heterocycles. The summed E-state index contributed by atoms with van der Waals surface area (Å²) in [6, 6.07) is 7.04. The third-order valence-corrected chi connectivity index (χ3v) is 2.37. The van der Waals surface area contributed by atoms with Crippen LogP contribution in [0.5, 0.6) is 5.75 Å². The Morgan fingerprint density at radius 2 is 2.06 bits per heavy atom. The lowest BCUT2D eigenvalue weighted by Crippen LogP contribution is -2.27. The van der Waals surface area contributed by atoms with Crippen LogP contribution in [0.2, 0.25) is 5.02 Å². The predicted octanol–water partition coefficient (Wildman–Crippen LogP) is 1.57. The van der Waals surface area contributed by atoms with Crippen molar-refractivity contribution in [2.24, 2.45) is 5.73 Å². The van der Waals surface area contributed by atoms with Gasteiger partial charge in [-0.3, -0.25) is 4.79 Å². The summed E-state index contributed by atoms with van der Waals surface area (Å²) in [6.07, 6.45) is 1.14. The van der Waals surface area contributed by atoms with Crippen LogP contribution >= 0.6 is 11.6 Å². The van der Waals surface area contributed by atoms with Gasteiger partial charge in [0.05, 0.1) is 13.0 Å². The van der Waals surface area contributed by atoms with Gasteiger partial charge in [-0.15, -0.1) is 0 Å². The molecule has 94 valence electrons. The molecule has 4 nitrogen and oxygen atoms in total. The topological polar surface area (TPSA) is 64.3 Å². The van der Waals surface area contributed by atoms with Gasteiger partial charge in [-0.05, 0) is 37.2 Å². The Morgan fingerprint density at radius 3 is 2.71 bits per heavy atom. The van der Waals surface area contributed by atoms with Gasteiger partial charge in [0.1, 0.15) is 5.75 Å². The van der Waals surface area contributed by atoms with Crippen LogP contribution in [0.4, 0.5) is 0 Å². The van der Waals surface area contributed by atoms with Crippen molar-refractivity contribution >= 4 is 17.5 Å². The number of benzene rings is 1. The van der Waals surface area contributed by atoms with Crippen molar-refractivity contribution < 1.29 is 9.53 Å². The molecule has 0 saturated carbocycles. The lowest BCUT2D eigenvalue weighted by molar-refractivity contribution is -0.121. The van der Waals surface area contributed by atoms with Crippen LogP contribution in [-0.4, -0.2) is 25.6 Å². The molecule has 0 aliphatic heterocycles. The highest BCUT2D eigenvalue weighted by Gasteiger charge is 2.01. The first kappa shape index (κ1) is 13.8. The van der Waals surface area contributed by atoms with Gasteiger partial charge in [-0.2, -0.15) is 0 Å². The molecule has 17 heavy (non-hydrogen) atoms. The number of rotatable bonds is 7. The summed E-state index contributed by atoms with van der Waals surface area (Å²) in [6.45, 7) is 1.56. The van der Waals surface area contributed by atoms with Crippen molar-refractivity contribution in [3.8, 4) is 5.75 Å². The van der Waals surface area contributed by atoms with Crippen LogP contribution in [0.1, 0.15) is 12.8 Å². The van der Waals surface area contributed by atoms with Crippen molar-refractivity contribution in [3.05, 3.63) is 29.3 Å². The van der Waals surface area contributed by atoms with Crippen molar-refractivity contribution in [1.82, 2.24) is 5.32 Å². The third-order valence-electron chi connectivity index (χ3n) is 2.11. The molecule has 0 unspecified atom stereocenters. The number of carbonyl (C=O) groups is 1. The van der Waals surface area contributed by atoms with E-state index in [0.29, 0.717) is 36.9 Å². The fraction of sp³-hybridized carbons (Fsp3) is 0.417. The van der Waals surface area contributed by atoms with E-state index in [0.717, 1.165) is 6.42 Å². The highest BCUT2D eigenvalue weighted by atomic mass is 35.5. The van der Waals surface area contributed by atoms with Crippen molar-refractivity contribution in [2.75, 3.05) is 19.7 Å². The van der Waals surface area contributed by atoms with Crippen molar-refractivity contribution in [3.63, 3.8) is 0 Å². The van der Waals surface area contributed by atoms with Crippen LogP contribution < -0.4 is 15.8 Å².